The Morgan fingerprint density at radius 1 is 0.553 bits per heavy atom. The van der Waals surface area contributed by atoms with Crippen LogP contribution in [0, 0.1) is 0 Å². The lowest BCUT2D eigenvalue weighted by Gasteiger charge is -2.26. The summed E-state index contributed by atoms with van der Waals surface area (Å²) < 4.78 is 2.40. The summed E-state index contributed by atoms with van der Waals surface area (Å²) >= 11 is 0. The first-order chi connectivity index (χ1) is 23.2. The van der Waals surface area contributed by atoms with Gasteiger partial charge in [0.1, 0.15) is 0 Å². The molecule has 0 spiro atoms. The van der Waals surface area contributed by atoms with Crippen LogP contribution < -0.4 is 10.2 Å². The maximum atomic E-state index is 4.11. The van der Waals surface area contributed by atoms with Gasteiger partial charge in [-0.1, -0.05) is 110 Å². The maximum Gasteiger partial charge on any atom is 0.0547 e. The molecule has 8 rings (SSSR count). The summed E-state index contributed by atoms with van der Waals surface area (Å²) in [5.41, 5.74) is 10.5. The molecule has 47 heavy (non-hydrogen) atoms. The third-order valence-corrected chi connectivity index (χ3v) is 8.98. The van der Waals surface area contributed by atoms with Gasteiger partial charge in [0.15, 0.2) is 0 Å². The molecule has 0 unspecified atom stereocenters. The first-order valence-electron chi connectivity index (χ1n) is 16.1. The van der Waals surface area contributed by atoms with E-state index >= 15 is 0 Å². The third-order valence-electron chi connectivity index (χ3n) is 8.98. The second-order valence-corrected chi connectivity index (χ2v) is 12.0. The molecule has 0 aliphatic rings. The molecular formula is C44H35N3. The van der Waals surface area contributed by atoms with E-state index in [1.54, 1.807) is 0 Å². The van der Waals surface area contributed by atoms with Gasteiger partial charge in [-0.2, -0.15) is 0 Å². The molecule has 1 N–H and O–H groups in total. The fourth-order valence-electron chi connectivity index (χ4n) is 6.67. The van der Waals surface area contributed by atoms with Gasteiger partial charge in [-0.3, -0.25) is 0 Å². The van der Waals surface area contributed by atoms with Crippen LogP contribution in [0.5, 0.6) is 0 Å². The van der Waals surface area contributed by atoms with Crippen molar-refractivity contribution in [2.24, 2.45) is 0 Å². The molecule has 0 fully saturated rings. The molecule has 3 heteroatoms. The van der Waals surface area contributed by atoms with Gasteiger partial charge in [0, 0.05) is 46.6 Å². The Morgan fingerprint density at radius 2 is 1.15 bits per heavy atom. The minimum atomic E-state index is 0.836. The Hall–Kier alpha value is -6.06. The van der Waals surface area contributed by atoms with E-state index < -0.39 is 0 Å². The van der Waals surface area contributed by atoms with Gasteiger partial charge >= 0.3 is 0 Å². The van der Waals surface area contributed by atoms with E-state index in [1.165, 1.54) is 49.4 Å². The smallest absolute Gasteiger partial charge is 0.0547 e. The SMILES string of the molecule is C=Cc1cc2cc3c4ccccc4n(-c4ccc(N(Cc5ccccc5)Cc5ccccc5)cc4)c3cc2cc1Nc1ccccc1. The van der Waals surface area contributed by atoms with E-state index in [1.807, 2.05) is 24.3 Å². The number of rotatable bonds is 9. The molecule has 0 aliphatic carbocycles. The molecule has 1 heterocycles. The van der Waals surface area contributed by atoms with E-state index in [9.17, 15) is 0 Å². The second-order valence-electron chi connectivity index (χ2n) is 12.0. The molecular weight excluding hydrogens is 571 g/mol. The number of para-hydroxylation sites is 2. The standard InChI is InChI=1S/C44H35N3/c1-2-34-26-35-27-41-40-20-12-13-21-43(40)47(44(41)29-36(35)28-42(34)45-37-18-10-5-11-19-37)39-24-22-38(23-25-39)46(30-32-14-6-3-7-15-32)31-33-16-8-4-9-17-33/h2-29,45H,1,30-31H2. The highest BCUT2D eigenvalue weighted by molar-refractivity contribution is 6.14. The molecule has 0 atom stereocenters. The highest BCUT2D eigenvalue weighted by Crippen LogP contribution is 2.37. The average Bonchev–Trinajstić information content (AvgIpc) is 3.44. The lowest BCUT2D eigenvalue weighted by atomic mass is 10.0. The minimum absolute atomic E-state index is 0.836. The van der Waals surface area contributed by atoms with Crippen LogP contribution in [0.4, 0.5) is 17.1 Å². The van der Waals surface area contributed by atoms with Crippen molar-refractivity contribution in [3.63, 3.8) is 0 Å². The zero-order valence-electron chi connectivity index (χ0n) is 26.2. The molecule has 3 nitrogen and oxygen atoms in total. The maximum absolute atomic E-state index is 4.11. The predicted octanol–water partition coefficient (Wildman–Crippen LogP) is 11.5. The number of nitrogens with one attached hydrogen (secondary N) is 1. The van der Waals surface area contributed by atoms with E-state index in [2.05, 4.69) is 167 Å². The number of benzene rings is 7. The van der Waals surface area contributed by atoms with Crippen molar-refractivity contribution in [1.29, 1.82) is 0 Å². The van der Waals surface area contributed by atoms with Gasteiger partial charge in [-0.25, -0.2) is 0 Å². The predicted molar refractivity (Wildman–Crippen MR) is 201 cm³/mol. The highest BCUT2D eigenvalue weighted by Gasteiger charge is 2.16. The lowest BCUT2D eigenvalue weighted by Crippen LogP contribution is -2.22. The van der Waals surface area contributed by atoms with E-state index in [-0.39, 0.29) is 0 Å². The van der Waals surface area contributed by atoms with Crippen molar-refractivity contribution in [1.82, 2.24) is 4.57 Å². The topological polar surface area (TPSA) is 20.2 Å². The van der Waals surface area contributed by atoms with Crippen LogP contribution in [0.25, 0.3) is 44.3 Å². The van der Waals surface area contributed by atoms with Crippen LogP contribution >= 0.6 is 0 Å². The van der Waals surface area contributed by atoms with E-state index in [0.717, 1.165) is 35.7 Å². The van der Waals surface area contributed by atoms with Gasteiger partial charge in [0.25, 0.3) is 0 Å². The highest BCUT2D eigenvalue weighted by atomic mass is 15.1. The Labute approximate surface area is 275 Å². The van der Waals surface area contributed by atoms with Gasteiger partial charge < -0.3 is 14.8 Å². The Kier molecular flexibility index (Phi) is 7.49. The van der Waals surface area contributed by atoms with Crippen LogP contribution in [-0.4, -0.2) is 4.57 Å². The van der Waals surface area contributed by atoms with Crippen LogP contribution in [-0.2, 0) is 13.1 Å². The molecule has 0 amide bonds. The van der Waals surface area contributed by atoms with E-state index in [4.69, 9.17) is 0 Å². The molecule has 0 saturated heterocycles. The lowest BCUT2D eigenvalue weighted by molar-refractivity contribution is 0.800. The summed E-state index contributed by atoms with van der Waals surface area (Å²) in [6.45, 7) is 5.79. The summed E-state index contributed by atoms with van der Waals surface area (Å²) in [4.78, 5) is 2.45. The second kappa shape index (κ2) is 12.4. The van der Waals surface area contributed by atoms with Crippen molar-refractivity contribution >= 4 is 55.7 Å². The quantitative estimate of drug-likeness (QED) is 0.177. The molecule has 226 valence electrons. The number of nitrogens with zero attached hydrogens (tertiary/aromatic N) is 2. The Bertz CT molecular complexity index is 2280. The molecule has 0 saturated carbocycles. The van der Waals surface area contributed by atoms with Crippen molar-refractivity contribution in [3.8, 4) is 5.69 Å². The molecule has 0 radical (unpaired) electrons. The van der Waals surface area contributed by atoms with Crippen LogP contribution in [0.2, 0.25) is 0 Å². The molecule has 0 aliphatic heterocycles. The zero-order valence-corrected chi connectivity index (χ0v) is 26.2. The number of fused-ring (bicyclic) bond motifs is 4. The van der Waals surface area contributed by atoms with Crippen LogP contribution in [0.1, 0.15) is 16.7 Å². The largest absolute Gasteiger partial charge is 0.363 e. The summed E-state index contributed by atoms with van der Waals surface area (Å²) in [6, 6.07) is 58.6. The first kappa shape index (κ1) is 28.4. The molecule has 0 bridgehead atoms. The van der Waals surface area contributed by atoms with Crippen molar-refractivity contribution in [3.05, 3.63) is 187 Å². The molecule has 1 aromatic heterocycles. The first-order valence-corrected chi connectivity index (χ1v) is 16.1. The van der Waals surface area contributed by atoms with Crippen molar-refractivity contribution in [2.45, 2.75) is 13.1 Å². The van der Waals surface area contributed by atoms with Crippen LogP contribution in [0.15, 0.2) is 170 Å². The van der Waals surface area contributed by atoms with Gasteiger partial charge in [-0.15, -0.1) is 0 Å². The Morgan fingerprint density at radius 3 is 1.81 bits per heavy atom. The number of hydrogen-bond acceptors (Lipinski definition) is 2. The Balaban J connectivity index is 1.22. The van der Waals surface area contributed by atoms with Gasteiger partial charge in [0.2, 0.25) is 0 Å². The number of anilines is 3. The summed E-state index contributed by atoms with van der Waals surface area (Å²) in [5.74, 6) is 0. The fraction of sp³-hybridized carbons (Fsp3) is 0.0455. The van der Waals surface area contributed by atoms with Gasteiger partial charge in [0.05, 0.1) is 11.0 Å². The summed E-state index contributed by atoms with van der Waals surface area (Å²) in [5, 5.41) is 8.47. The normalized spacial score (nSPS) is 11.2. The summed E-state index contributed by atoms with van der Waals surface area (Å²) in [6.07, 6.45) is 1.93. The summed E-state index contributed by atoms with van der Waals surface area (Å²) in [7, 11) is 0. The average molecular weight is 606 g/mol. The van der Waals surface area contributed by atoms with E-state index in [0.29, 0.717) is 0 Å². The monoisotopic (exact) mass is 605 g/mol. The van der Waals surface area contributed by atoms with Crippen molar-refractivity contribution < 1.29 is 0 Å². The molecule has 7 aromatic carbocycles. The number of hydrogen-bond donors (Lipinski definition) is 1. The third kappa shape index (κ3) is 5.64. The molecule has 8 aromatic rings. The van der Waals surface area contributed by atoms with Crippen molar-refractivity contribution in [2.75, 3.05) is 10.2 Å². The number of aromatic nitrogens is 1. The zero-order chi connectivity index (χ0) is 31.6. The minimum Gasteiger partial charge on any atom is -0.363 e. The van der Waals surface area contributed by atoms with Gasteiger partial charge in [-0.05, 0) is 94.2 Å². The van der Waals surface area contributed by atoms with Crippen LogP contribution in [0.3, 0.4) is 0 Å². The fourth-order valence-corrected chi connectivity index (χ4v) is 6.67.